The van der Waals surface area contributed by atoms with Crippen LogP contribution in [0.15, 0.2) is 71.3 Å². The highest BCUT2D eigenvalue weighted by Crippen LogP contribution is 2.23. The van der Waals surface area contributed by atoms with Crippen LogP contribution in [-0.4, -0.2) is 5.91 Å². The van der Waals surface area contributed by atoms with E-state index < -0.39 is 5.82 Å². The van der Waals surface area contributed by atoms with Crippen LogP contribution in [0.25, 0.3) is 0 Å². The van der Waals surface area contributed by atoms with Crippen LogP contribution in [0.4, 0.5) is 10.1 Å². The zero-order valence-electron chi connectivity index (χ0n) is 12.8. The molecule has 0 radical (unpaired) electrons. The van der Waals surface area contributed by atoms with E-state index in [2.05, 4.69) is 0 Å². The van der Waals surface area contributed by atoms with E-state index in [-0.39, 0.29) is 29.5 Å². The molecule has 0 saturated heterocycles. The minimum absolute atomic E-state index is 0.124. The summed E-state index contributed by atoms with van der Waals surface area (Å²) in [4.78, 5) is 14.4. The highest BCUT2D eigenvalue weighted by atomic mass is 35.5. The molecular weight excluding hydrogens is 329 g/mol. The number of rotatable bonds is 5. The Morgan fingerprint density at radius 2 is 1.83 bits per heavy atom. The van der Waals surface area contributed by atoms with E-state index in [0.717, 1.165) is 0 Å². The molecule has 1 amide bonds. The van der Waals surface area contributed by atoms with Gasteiger partial charge in [0.25, 0.3) is 0 Å². The van der Waals surface area contributed by atoms with Gasteiger partial charge < -0.3 is 9.32 Å². The smallest absolute Gasteiger partial charge is 0.231 e. The SMILES string of the molecule is O=C(Cc1c(F)cccc1Cl)N(Cc1ccco1)c1ccccc1. The van der Waals surface area contributed by atoms with Crippen molar-refractivity contribution in [2.75, 3.05) is 4.90 Å². The van der Waals surface area contributed by atoms with Crippen molar-refractivity contribution in [2.45, 2.75) is 13.0 Å². The molecule has 2 aromatic carbocycles. The van der Waals surface area contributed by atoms with Crippen LogP contribution in [0.3, 0.4) is 0 Å². The number of halogens is 2. The van der Waals surface area contributed by atoms with Gasteiger partial charge >= 0.3 is 0 Å². The predicted molar refractivity (Wildman–Crippen MR) is 91.5 cm³/mol. The van der Waals surface area contributed by atoms with Gasteiger partial charge in [0.1, 0.15) is 11.6 Å². The quantitative estimate of drug-likeness (QED) is 0.663. The highest BCUT2D eigenvalue weighted by molar-refractivity contribution is 6.31. The van der Waals surface area contributed by atoms with Crippen molar-refractivity contribution < 1.29 is 13.6 Å². The molecular formula is C19H15ClFNO2. The van der Waals surface area contributed by atoms with Crippen molar-refractivity contribution in [3.05, 3.63) is 89.1 Å². The molecule has 0 fully saturated rings. The number of benzene rings is 2. The maximum atomic E-state index is 14.0. The summed E-state index contributed by atoms with van der Waals surface area (Å²) in [6.07, 6.45) is 1.43. The van der Waals surface area contributed by atoms with E-state index in [1.54, 1.807) is 29.4 Å². The lowest BCUT2D eigenvalue weighted by Gasteiger charge is -2.22. The van der Waals surface area contributed by atoms with E-state index in [1.807, 2.05) is 30.3 Å². The summed E-state index contributed by atoms with van der Waals surface area (Å²) < 4.78 is 19.3. The molecule has 0 atom stereocenters. The zero-order valence-corrected chi connectivity index (χ0v) is 13.5. The summed E-state index contributed by atoms with van der Waals surface area (Å²) in [6.45, 7) is 0.266. The van der Waals surface area contributed by atoms with E-state index in [0.29, 0.717) is 11.4 Å². The predicted octanol–water partition coefficient (Wildman–Crippen LogP) is 4.85. The molecule has 0 aliphatic carbocycles. The molecule has 3 nitrogen and oxygen atoms in total. The molecule has 0 spiro atoms. The number of carbonyl (C=O) groups is 1. The Kier molecular flexibility index (Phi) is 4.96. The molecule has 1 aromatic heterocycles. The molecule has 0 unspecified atom stereocenters. The van der Waals surface area contributed by atoms with Crippen LogP contribution in [0.2, 0.25) is 5.02 Å². The summed E-state index contributed by atoms with van der Waals surface area (Å²) in [5, 5.41) is 0.245. The number of carbonyl (C=O) groups excluding carboxylic acids is 1. The fourth-order valence-electron chi connectivity index (χ4n) is 2.44. The average molecular weight is 344 g/mol. The number of para-hydroxylation sites is 1. The van der Waals surface area contributed by atoms with Gasteiger partial charge in [-0.05, 0) is 36.4 Å². The summed E-state index contributed by atoms with van der Waals surface area (Å²) >= 11 is 6.04. The van der Waals surface area contributed by atoms with Crippen molar-refractivity contribution in [1.82, 2.24) is 0 Å². The van der Waals surface area contributed by atoms with Crippen LogP contribution in [-0.2, 0) is 17.8 Å². The maximum Gasteiger partial charge on any atom is 0.231 e. The van der Waals surface area contributed by atoms with Crippen molar-refractivity contribution in [3.8, 4) is 0 Å². The highest BCUT2D eigenvalue weighted by Gasteiger charge is 2.20. The Bertz CT molecular complexity index is 798. The fraction of sp³-hybridized carbons (Fsp3) is 0.105. The number of nitrogens with zero attached hydrogens (tertiary/aromatic N) is 1. The summed E-state index contributed by atoms with van der Waals surface area (Å²) in [6, 6.07) is 17.1. The van der Waals surface area contributed by atoms with Gasteiger partial charge in [-0.3, -0.25) is 4.79 Å². The monoisotopic (exact) mass is 343 g/mol. The van der Waals surface area contributed by atoms with Gasteiger partial charge in [-0.2, -0.15) is 0 Å². The molecule has 0 aliphatic rings. The van der Waals surface area contributed by atoms with Crippen LogP contribution in [0, 0.1) is 5.82 Å². The van der Waals surface area contributed by atoms with Crippen LogP contribution >= 0.6 is 11.6 Å². The number of hydrogen-bond donors (Lipinski definition) is 0. The lowest BCUT2D eigenvalue weighted by Crippen LogP contribution is -2.32. The third-order valence-electron chi connectivity index (χ3n) is 3.65. The second-order valence-electron chi connectivity index (χ2n) is 5.27. The molecule has 24 heavy (non-hydrogen) atoms. The van der Waals surface area contributed by atoms with Gasteiger partial charge in [0, 0.05) is 16.3 Å². The summed E-state index contributed by atoms with van der Waals surface area (Å²) in [7, 11) is 0. The Morgan fingerprint density at radius 3 is 2.50 bits per heavy atom. The normalized spacial score (nSPS) is 10.6. The molecule has 122 valence electrons. The Balaban J connectivity index is 1.89. The molecule has 0 N–H and O–H groups in total. The summed E-state index contributed by atoms with van der Waals surface area (Å²) in [5.41, 5.74) is 0.913. The van der Waals surface area contributed by atoms with Gasteiger partial charge in [-0.1, -0.05) is 35.9 Å². The van der Waals surface area contributed by atoms with E-state index in [9.17, 15) is 9.18 Å². The maximum absolute atomic E-state index is 14.0. The minimum atomic E-state index is -0.484. The zero-order chi connectivity index (χ0) is 16.9. The largest absolute Gasteiger partial charge is 0.467 e. The van der Waals surface area contributed by atoms with Crippen molar-refractivity contribution in [1.29, 1.82) is 0 Å². The topological polar surface area (TPSA) is 33.5 Å². The molecule has 1 heterocycles. The third-order valence-corrected chi connectivity index (χ3v) is 4.01. The average Bonchev–Trinajstić information content (AvgIpc) is 3.10. The molecule has 0 aliphatic heterocycles. The molecule has 0 bridgehead atoms. The molecule has 0 saturated carbocycles. The van der Waals surface area contributed by atoms with Gasteiger partial charge in [0.05, 0.1) is 19.2 Å². The standard InChI is InChI=1S/C19H15ClFNO2/c20-17-9-4-10-18(21)16(17)12-19(23)22(13-15-8-5-11-24-15)14-6-2-1-3-7-14/h1-11H,12-13H2. The van der Waals surface area contributed by atoms with Crippen LogP contribution in [0.5, 0.6) is 0 Å². The lowest BCUT2D eigenvalue weighted by atomic mass is 10.1. The molecule has 3 aromatic rings. The lowest BCUT2D eigenvalue weighted by molar-refractivity contribution is -0.118. The Morgan fingerprint density at radius 1 is 1.04 bits per heavy atom. The van der Waals surface area contributed by atoms with Crippen LogP contribution < -0.4 is 4.90 Å². The van der Waals surface area contributed by atoms with Crippen molar-refractivity contribution in [3.63, 3.8) is 0 Å². The van der Waals surface area contributed by atoms with E-state index >= 15 is 0 Å². The second-order valence-corrected chi connectivity index (χ2v) is 5.68. The number of hydrogen-bond acceptors (Lipinski definition) is 2. The first-order valence-electron chi connectivity index (χ1n) is 7.46. The first-order valence-corrected chi connectivity index (χ1v) is 7.83. The third kappa shape index (κ3) is 3.66. The molecule has 3 rings (SSSR count). The van der Waals surface area contributed by atoms with Crippen molar-refractivity contribution in [2.24, 2.45) is 0 Å². The van der Waals surface area contributed by atoms with Gasteiger partial charge in [-0.25, -0.2) is 4.39 Å². The Hall–Kier alpha value is -2.59. The number of anilines is 1. The Labute approximate surface area is 144 Å². The van der Waals surface area contributed by atoms with Gasteiger partial charge in [-0.15, -0.1) is 0 Å². The van der Waals surface area contributed by atoms with E-state index in [1.165, 1.54) is 12.1 Å². The van der Waals surface area contributed by atoms with Crippen LogP contribution in [0.1, 0.15) is 11.3 Å². The minimum Gasteiger partial charge on any atom is -0.467 e. The van der Waals surface area contributed by atoms with Gasteiger partial charge in [0.2, 0.25) is 5.91 Å². The van der Waals surface area contributed by atoms with Crippen molar-refractivity contribution >= 4 is 23.2 Å². The fourth-order valence-corrected chi connectivity index (χ4v) is 2.67. The number of amides is 1. The molecule has 5 heteroatoms. The first kappa shape index (κ1) is 16.3. The second kappa shape index (κ2) is 7.32. The van der Waals surface area contributed by atoms with E-state index in [4.69, 9.17) is 16.0 Å². The number of furan rings is 1. The summed E-state index contributed by atoms with van der Waals surface area (Å²) in [5.74, 6) is -0.0988. The van der Waals surface area contributed by atoms with Gasteiger partial charge in [0.15, 0.2) is 0 Å². The first-order chi connectivity index (χ1) is 11.6.